The van der Waals surface area contributed by atoms with Crippen LogP contribution in [0.3, 0.4) is 0 Å². The second-order valence-electron chi connectivity index (χ2n) is 11.6. The van der Waals surface area contributed by atoms with E-state index in [1.807, 2.05) is 72.8 Å². The first kappa shape index (κ1) is 33.3. The fraction of sp³-hybridized carbons (Fsp3) is 0.163. The molecule has 0 radical (unpaired) electrons. The average Bonchev–Trinajstić information content (AvgIpc) is 3.59. The quantitative estimate of drug-likeness (QED) is 0.139. The van der Waals surface area contributed by atoms with E-state index >= 15 is 0 Å². The van der Waals surface area contributed by atoms with Crippen molar-refractivity contribution in [1.82, 2.24) is 0 Å². The van der Waals surface area contributed by atoms with E-state index in [-0.39, 0.29) is 5.25 Å². The second-order valence-corrected chi connectivity index (χ2v) is 13.2. The molecule has 0 bridgehead atoms. The van der Waals surface area contributed by atoms with E-state index in [0.717, 1.165) is 33.4 Å². The molecule has 0 amide bonds. The van der Waals surface area contributed by atoms with Crippen molar-refractivity contribution in [3.8, 4) is 0 Å². The molecular formula is C43H40O4S. The Hall–Kier alpha value is -4.65. The summed E-state index contributed by atoms with van der Waals surface area (Å²) in [5.41, 5.74) is 5.19. The van der Waals surface area contributed by atoms with Crippen LogP contribution in [0.15, 0.2) is 182 Å². The first-order valence-electron chi connectivity index (χ1n) is 16.2. The number of hydrogen-bond acceptors (Lipinski definition) is 4. The predicted octanol–water partition coefficient (Wildman–Crippen LogP) is 8.73. The van der Waals surface area contributed by atoms with Crippen molar-refractivity contribution in [2.45, 2.75) is 16.5 Å². The minimum Gasteiger partial charge on any atom is -0.367 e. The minimum atomic E-state index is -1.01. The molecule has 2 unspecified atom stereocenters. The summed E-state index contributed by atoms with van der Waals surface area (Å²) < 4.78 is 30.3. The lowest BCUT2D eigenvalue weighted by molar-refractivity contribution is 0.00834. The van der Waals surface area contributed by atoms with Gasteiger partial charge in [0.05, 0.1) is 29.3 Å². The van der Waals surface area contributed by atoms with Crippen molar-refractivity contribution in [3.05, 3.63) is 215 Å². The summed E-state index contributed by atoms with van der Waals surface area (Å²) in [6.45, 7) is 0.840. The van der Waals surface area contributed by atoms with Gasteiger partial charge < -0.3 is 14.2 Å². The van der Waals surface area contributed by atoms with Crippen molar-refractivity contribution < 1.29 is 18.4 Å². The van der Waals surface area contributed by atoms with Crippen LogP contribution in [0.25, 0.3) is 0 Å². The van der Waals surface area contributed by atoms with E-state index in [9.17, 15) is 4.21 Å². The molecular weight excluding hydrogens is 613 g/mol. The highest BCUT2D eigenvalue weighted by Crippen LogP contribution is 2.41. The number of benzene rings is 6. The van der Waals surface area contributed by atoms with Crippen molar-refractivity contribution in [3.63, 3.8) is 0 Å². The molecule has 1 saturated heterocycles. The Bertz CT molecular complexity index is 1640. The maximum Gasteiger partial charge on any atom is 0.143 e. The summed E-state index contributed by atoms with van der Waals surface area (Å²) in [7, 11) is 0.759. The minimum absolute atomic E-state index is 0.111. The highest BCUT2D eigenvalue weighted by atomic mass is 32.2. The monoisotopic (exact) mass is 652 g/mol. The number of methoxy groups -OCH3 is 1. The molecule has 0 aliphatic carbocycles. The van der Waals surface area contributed by atoms with Crippen LogP contribution in [-0.2, 0) is 36.2 Å². The molecule has 7 rings (SSSR count). The molecule has 0 spiro atoms. The summed E-state index contributed by atoms with van der Waals surface area (Å²) in [5.74, 6) is 0.295. The maximum atomic E-state index is 12.2. The predicted molar refractivity (Wildman–Crippen MR) is 194 cm³/mol. The molecule has 2 atom stereocenters. The molecule has 6 aromatic carbocycles. The molecule has 48 heavy (non-hydrogen) atoms. The molecule has 0 aromatic heterocycles. The van der Waals surface area contributed by atoms with Gasteiger partial charge in [0.25, 0.3) is 0 Å². The lowest BCUT2D eigenvalue weighted by Crippen LogP contribution is -2.36. The molecule has 1 aliphatic heterocycles. The SMILES string of the molecule is COC(c1ccccc1)(c1ccccc1)c1ccccc1.O=S1COCC1COC(c1ccccc1)(c1ccccc1)c1ccccc1. The topological polar surface area (TPSA) is 44.8 Å². The normalized spacial score (nSPS) is 16.1. The highest BCUT2D eigenvalue weighted by molar-refractivity contribution is 7.85. The van der Waals surface area contributed by atoms with Crippen LogP contribution in [0, 0.1) is 0 Å². The smallest absolute Gasteiger partial charge is 0.143 e. The Morgan fingerprint density at radius 1 is 0.521 bits per heavy atom. The molecule has 0 N–H and O–H groups in total. The van der Waals surface area contributed by atoms with Gasteiger partial charge in [0.15, 0.2) is 0 Å². The van der Waals surface area contributed by atoms with Crippen LogP contribution in [0.4, 0.5) is 0 Å². The first-order valence-corrected chi connectivity index (χ1v) is 17.5. The first-order chi connectivity index (χ1) is 23.7. The van der Waals surface area contributed by atoms with Crippen LogP contribution < -0.4 is 0 Å². The van der Waals surface area contributed by atoms with Gasteiger partial charge in [-0.15, -0.1) is 0 Å². The van der Waals surface area contributed by atoms with Crippen LogP contribution in [0.1, 0.15) is 33.4 Å². The summed E-state index contributed by atoms with van der Waals surface area (Å²) in [4.78, 5) is 0. The average molecular weight is 653 g/mol. The van der Waals surface area contributed by atoms with Gasteiger partial charge in [-0.1, -0.05) is 182 Å². The Kier molecular flexibility index (Phi) is 11.1. The van der Waals surface area contributed by atoms with Gasteiger partial charge in [-0.2, -0.15) is 0 Å². The van der Waals surface area contributed by atoms with Crippen LogP contribution in [0.5, 0.6) is 0 Å². The number of ether oxygens (including phenoxy) is 3. The van der Waals surface area contributed by atoms with Crippen LogP contribution in [-0.4, -0.2) is 35.7 Å². The van der Waals surface area contributed by atoms with Crippen LogP contribution in [0.2, 0.25) is 0 Å². The largest absolute Gasteiger partial charge is 0.367 e. The van der Waals surface area contributed by atoms with Gasteiger partial charge in [-0.3, -0.25) is 4.21 Å². The van der Waals surface area contributed by atoms with Crippen LogP contribution >= 0.6 is 0 Å². The molecule has 1 fully saturated rings. The lowest BCUT2D eigenvalue weighted by atomic mass is 9.80. The molecule has 0 saturated carbocycles. The van der Waals surface area contributed by atoms with E-state index < -0.39 is 22.0 Å². The third-order valence-electron chi connectivity index (χ3n) is 8.75. The van der Waals surface area contributed by atoms with Crippen molar-refractivity contribution in [2.24, 2.45) is 0 Å². The standard InChI is InChI=1S/C23H22O3S.C20H18O/c24-27-18-25-16-22(27)17-26-23(19-10-4-1-5-11-19,20-12-6-2-7-13-20)21-14-8-3-9-15-21;1-21-20(17-11-5-2-6-12-17,18-13-7-3-8-14-18)19-15-9-4-10-16-19/h1-15,22H,16-18H2;2-16H,1H3. The van der Waals surface area contributed by atoms with Gasteiger partial charge in [-0.25, -0.2) is 0 Å². The van der Waals surface area contributed by atoms with E-state index in [4.69, 9.17) is 14.2 Å². The Balaban J connectivity index is 0.000000173. The van der Waals surface area contributed by atoms with E-state index in [1.165, 1.54) is 0 Å². The van der Waals surface area contributed by atoms with E-state index in [1.54, 1.807) is 7.11 Å². The number of hydrogen-bond donors (Lipinski definition) is 0. The van der Waals surface area contributed by atoms with Crippen molar-refractivity contribution in [1.29, 1.82) is 0 Å². The third kappa shape index (κ3) is 6.96. The lowest BCUT2D eigenvalue weighted by Gasteiger charge is -2.36. The Morgan fingerprint density at radius 3 is 1.06 bits per heavy atom. The summed E-state index contributed by atoms with van der Waals surface area (Å²) >= 11 is 0. The molecule has 1 aliphatic rings. The fourth-order valence-corrected chi connectivity index (χ4v) is 7.34. The van der Waals surface area contributed by atoms with Gasteiger partial charge >= 0.3 is 0 Å². The van der Waals surface area contributed by atoms with E-state index in [2.05, 4.69) is 109 Å². The summed E-state index contributed by atoms with van der Waals surface area (Å²) in [5, 5.41) is -0.111. The molecule has 242 valence electrons. The molecule has 1 heterocycles. The zero-order valence-corrected chi connectivity index (χ0v) is 27.9. The van der Waals surface area contributed by atoms with Gasteiger partial charge in [0.1, 0.15) is 17.1 Å². The molecule has 6 aromatic rings. The third-order valence-corrected chi connectivity index (χ3v) is 10.2. The van der Waals surface area contributed by atoms with Gasteiger partial charge in [0.2, 0.25) is 0 Å². The number of rotatable bonds is 10. The molecule has 4 nitrogen and oxygen atoms in total. The fourth-order valence-electron chi connectivity index (χ4n) is 6.42. The van der Waals surface area contributed by atoms with Gasteiger partial charge in [0, 0.05) is 7.11 Å². The van der Waals surface area contributed by atoms with Gasteiger partial charge in [-0.05, 0) is 33.4 Å². The second kappa shape index (κ2) is 16.0. The van der Waals surface area contributed by atoms with E-state index in [0.29, 0.717) is 19.2 Å². The maximum absolute atomic E-state index is 12.2. The summed E-state index contributed by atoms with van der Waals surface area (Å²) in [6.07, 6.45) is 0. The highest BCUT2D eigenvalue weighted by Gasteiger charge is 2.39. The zero-order chi connectivity index (χ0) is 33.1. The Morgan fingerprint density at radius 2 is 0.812 bits per heavy atom. The molecule has 5 heteroatoms. The Labute approximate surface area is 286 Å². The zero-order valence-electron chi connectivity index (χ0n) is 27.1. The van der Waals surface area contributed by atoms with Crippen molar-refractivity contribution >= 4 is 10.8 Å². The van der Waals surface area contributed by atoms with Crippen molar-refractivity contribution in [2.75, 3.05) is 26.3 Å². The summed E-state index contributed by atoms with van der Waals surface area (Å²) in [6, 6.07) is 61.7.